The summed E-state index contributed by atoms with van der Waals surface area (Å²) in [5.41, 5.74) is 6.60. The van der Waals surface area contributed by atoms with Crippen LogP contribution in [0, 0.1) is 11.8 Å². The first-order chi connectivity index (χ1) is 17.3. The van der Waals surface area contributed by atoms with Gasteiger partial charge in [0.15, 0.2) is 0 Å². The summed E-state index contributed by atoms with van der Waals surface area (Å²) < 4.78 is 0. The van der Waals surface area contributed by atoms with E-state index in [2.05, 4.69) is 16.0 Å². The van der Waals surface area contributed by atoms with Gasteiger partial charge in [0.2, 0.25) is 17.7 Å². The molecular weight excluding hydrogens is 496 g/mol. The molecule has 37 heavy (non-hydrogen) atoms. The third kappa shape index (κ3) is 12.3. The van der Waals surface area contributed by atoms with Crippen molar-refractivity contribution in [1.29, 1.82) is 0 Å². The Hall–Kier alpha value is -2.79. The topological polar surface area (TPSA) is 171 Å². The quantitative estimate of drug-likeness (QED) is 0.184. The van der Waals surface area contributed by atoms with Crippen LogP contribution in [-0.4, -0.2) is 70.1 Å². The van der Waals surface area contributed by atoms with E-state index in [1.807, 2.05) is 34.0 Å². The number of nitrogens with two attached hydrogens (primary N) is 1. The van der Waals surface area contributed by atoms with E-state index < -0.39 is 47.9 Å². The Bertz CT molecular complexity index is 894. The maximum absolute atomic E-state index is 13.2. The number of nitrogens with one attached hydrogen (secondary N) is 3. The fourth-order valence-electron chi connectivity index (χ4n) is 3.71. The van der Waals surface area contributed by atoms with Crippen molar-refractivity contribution >= 4 is 35.5 Å². The van der Waals surface area contributed by atoms with Gasteiger partial charge in [-0.15, -0.1) is 0 Å². The standard InChI is InChI=1S/C26H42N4O6S/c1-15(2)12-19(27)23(32)28-20(10-11-37-5)24(33)29-21(13-16(3)4)25(34)30-22(26(35)36)14-17-6-8-18(31)9-7-17/h6-9,15-16,19-22,31H,10-14,27H2,1-5H3,(H,28,32)(H,29,33)(H,30,34)(H,35,36). The number of carboxylic acids is 1. The first kappa shape index (κ1) is 32.2. The van der Waals surface area contributed by atoms with Gasteiger partial charge in [0.25, 0.3) is 0 Å². The lowest BCUT2D eigenvalue weighted by Crippen LogP contribution is -2.57. The molecular formula is C26H42N4O6S. The van der Waals surface area contributed by atoms with Crippen molar-refractivity contribution in [2.45, 2.75) is 77.5 Å². The number of carbonyl (C=O) groups excluding carboxylic acids is 3. The van der Waals surface area contributed by atoms with E-state index in [9.17, 15) is 29.4 Å². The highest BCUT2D eigenvalue weighted by Crippen LogP contribution is 2.13. The fraction of sp³-hybridized carbons (Fsp3) is 0.615. The van der Waals surface area contributed by atoms with Gasteiger partial charge < -0.3 is 31.9 Å². The Labute approximate surface area is 223 Å². The van der Waals surface area contributed by atoms with Crippen LogP contribution in [0.5, 0.6) is 5.75 Å². The SMILES string of the molecule is CSCCC(NC(=O)C(N)CC(C)C)C(=O)NC(CC(C)C)C(=O)NC(Cc1ccc(O)cc1)C(=O)O. The molecule has 1 aromatic carbocycles. The molecule has 1 rings (SSSR count). The van der Waals surface area contributed by atoms with E-state index in [1.165, 1.54) is 23.9 Å². The molecule has 0 aliphatic heterocycles. The predicted molar refractivity (Wildman–Crippen MR) is 145 cm³/mol. The molecule has 0 saturated carbocycles. The molecule has 10 nitrogen and oxygen atoms in total. The number of amides is 3. The number of aliphatic carboxylic acids is 1. The van der Waals surface area contributed by atoms with Crippen molar-refractivity contribution in [3.63, 3.8) is 0 Å². The highest BCUT2D eigenvalue weighted by molar-refractivity contribution is 7.98. The smallest absolute Gasteiger partial charge is 0.326 e. The average molecular weight is 539 g/mol. The molecule has 0 saturated heterocycles. The second kappa shape index (κ2) is 16.1. The van der Waals surface area contributed by atoms with E-state index >= 15 is 0 Å². The maximum atomic E-state index is 13.2. The second-order valence-electron chi connectivity index (χ2n) is 10.0. The number of phenolic OH excluding ortho intramolecular Hbond substituents is 1. The van der Waals surface area contributed by atoms with Crippen LogP contribution < -0.4 is 21.7 Å². The van der Waals surface area contributed by atoms with E-state index in [0.717, 1.165) is 0 Å². The number of carbonyl (C=O) groups is 4. The Morgan fingerprint density at radius 1 is 0.838 bits per heavy atom. The lowest BCUT2D eigenvalue weighted by atomic mass is 10.0. The first-order valence-electron chi connectivity index (χ1n) is 12.5. The summed E-state index contributed by atoms with van der Waals surface area (Å²) >= 11 is 1.52. The van der Waals surface area contributed by atoms with E-state index in [0.29, 0.717) is 24.2 Å². The van der Waals surface area contributed by atoms with Gasteiger partial charge in [-0.1, -0.05) is 39.8 Å². The summed E-state index contributed by atoms with van der Waals surface area (Å²) in [6.45, 7) is 7.67. The van der Waals surface area contributed by atoms with Gasteiger partial charge in [-0.05, 0) is 60.8 Å². The van der Waals surface area contributed by atoms with Gasteiger partial charge in [-0.25, -0.2) is 4.79 Å². The summed E-state index contributed by atoms with van der Waals surface area (Å²) in [5.74, 6) is -1.91. The summed E-state index contributed by atoms with van der Waals surface area (Å²) in [7, 11) is 0. The summed E-state index contributed by atoms with van der Waals surface area (Å²) in [4.78, 5) is 50.7. The fourth-order valence-corrected chi connectivity index (χ4v) is 4.18. The zero-order valence-electron chi connectivity index (χ0n) is 22.3. The van der Waals surface area contributed by atoms with Crippen molar-refractivity contribution in [3.05, 3.63) is 29.8 Å². The van der Waals surface area contributed by atoms with Crippen LogP contribution in [0.3, 0.4) is 0 Å². The number of rotatable bonds is 16. The molecule has 0 aliphatic carbocycles. The molecule has 0 fully saturated rings. The molecule has 4 atom stereocenters. The van der Waals surface area contributed by atoms with Gasteiger partial charge in [-0.2, -0.15) is 11.8 Å². The lowest BCUT2D eigenvalue weighted by molar-refractivity contribution is -0.142. The van der Waals surface area contributed by atoms with Crippen LogP contribution in [0.4, 0.5) is 0 Å². The Balaban J connectivity index is 2.99. The van der Waals surface area contributed by atoms with Crippen LogP contribution in [0.15, 0.2) is 24.3 Å². The van der Waals surface area contributed by atoms with Crippen LogP contribution in [0.2, 0.25) is 0 Å². The number of aromatic hydroxyl groups is 1. The van der Waals surface area contributed by atoms with Crippen LogP contribution in [0.25, 0.3) is 0 Å². The highest BCUT2D eigenvalue weighted by Gasteiger charge is 2.30. The van der Waals surface area contributed by atoms with Gasteiger partial charge in [0.1, 0.15) is 23.9 Å². The molecule has 0 heterocycles. The third-order valence-corrected chi connectivity index (χ3v) is 6.28. The number of phenols is 1. The van der Waals surface area contributed by atoms with Gasteiger partial charge in [-0.3, -0.25) is 14.4 Å². The minimum atomic E-state index is -1.23. The zero-order chi connectivity index (χ0) is 28.1. The van der Waals surface area contributed by atoms with Crippen molar-refractivity contribution in [3.8, 4) is 5.75 Å². The van der Waals surface area contributed by atoms with Gasteiger partial charge >= 0.3 is 5.97 Å². The number of hydrogen-bond donors (Lipinski definition) is 6. The van der Waals surface area contributed by atoms with Crippen LogP contribution >= 0.6 is 11.8 Å². The zero-order valence-corrected chi connectivity index (χ0v) is 23.1. The normalized spacial score (nSPS) is 14.5. The van der Waals surface area contributed by atoms with E-state index in [4.69, 9.17) is 5.73 Å². The van der Waals surface area contributed by atoms with Crippen molar-refractivity contribution < 1.29 is 29.4 Å². The maximum Gasteiger partial charge on any atom is 0.326 e. The Kier molecular flexibility index (Phi) is 14.1. The molecule has 0 bridgehead atoms. The highest BCUT2D eigenvalue weighted by atomic mass is 32.2. The molecule has 7 N–H and O–H groups in total. The van der Waals surface area contributed by atoms with Crippen LogP contribution in [0.1, 0.15) is 52.5 Å². The van der Waals surface area contributed by atoms with Crippen molar-refractivity contribution in [2.24, 2.45) is 17.6 Å². The Morgan fingerprint density at radius 2 is 1.35 bits per heavy atom. The number of thioether (sulfide) groups is 1. The molecule has 0 aromatic heterocycles. The average Bonchev–Trinajstić information content (AvgIpc) is 2.81. The first-order valence-corrected chi connectivity index (χ1v) is 13.9. The van der Waals surface area contributed by atoms with E-state index in [1.54, 1.807) is 12.1 Å². The molecule has 0 radical (unpaired) electrons. The molecule has 1 aromatic rings. The second-order valence-corrected chi connectivity index (χ2v) is 11.0. The third-order valence-electron chi connectivity index (χ3n) is 5.64. The van der Waals surface area contributed by atoms with Crippen molar-refractivity contribution in [2.75, 3.05) is 12.0 Å². The minimum Gasteiger partial charge on any atom is -0.508 e. The molecule has 208 valence electrons. The Morgan fingerprint density at radius 3 is 1.86 bits per heavy atom. The summed E-state index contributed by atoms with van der Waals surface area (Å²) in [5, 5.41) is 27.1. The monoisotopic (exact) mass is 538 g/mol. The number of benzene rings is 1. The molecule has 0 aliphatic rings. The van der Waals surface area contributed by atoms with Crippen molar-refractivity contribution in [1.82, 2.24) is 16.0 Å². The van der Waals surface area contributed by atoms with Crippen LogP contribution in [-0.2, 0) is 25.6 Å². The number of carboxylic acid groups (broad SMARTS) is 1. The number of hydrogen-bond acceptors (Lipinski definition) is 7. The largest absolute Gasteiger partial charge is 0.508 e. The summed E-state index contributed by atoms with van der Waals surface area (Å²) in [6.07, 6.45) is 2.99. The molecule has 0 spiro atoms. The molecule has 4 unspecified atom stereocenters. The van der Waals surface area contributed by atoms with Gasteiger partial charge in [0, 0.05) is 6.42 Å². The minimum absolute atomic E-state index is 0.00381. The summed E-state index contributed by atoms with van der Waals surface area (Å²) in [6, 6.07) is 2.17. The lowest BCUT2D eigenvalue weighted by Gasteiger charge is -2.26. The predicted octanol–water partition coefficient (Wildman–Crippen LogP) is 1.65. The van der Waals surface area contributed by atoms with Gasteiger partial charge in [0.05, 0.1) is 6.04 Å². The molecule has 11 heteroatoms. The van der Waals surface area contributed by atoms with E-state index in [-0.39, 0.29) is 30.4 Å². The molecule has 3 amide bonds.